The zero-order valence-electron chi connectivity index (χ0n) is 11.9. The van der Waals surface area contributed by atoms with E-state index in [9.17, 15) is 4.79 Å². The Hall–Kier alpha value is -1.51. The van der Waals surface area contributed by atoms with Crippen molar-refractivity contribution in [1.29, 1.82) is 0 Å². The highest BCUT2D eigenvalue weighted by molar-refractivity contribution is 5.98. The Balaban J connectivity index is 2.98. The zero-order valence-corrected chi connectivity index (χ0v) is 11.9. The van der Waals surface area contributed by atoms with Crippen LogP contribution in [0, 0.1) is 12.8 Å². The smallest absolute Gasteiger partial charge is 0.163 e. The maximum Gasteiger partial charge on any atom is 0.163 e. The van der Waals surface area contributed by atoms with Crippen LogP contribution in [0.1, 0.15) is 42.6 Å². The SMILES string of the molecule is COc1cc(C)c(C(=O)CCC(C)C)cc1OC. The third-order valence-electron chi connectivity index (χ3n) is 2.98. The summed E-state index contributed by atoms with van der Waals surface area (Å²) in [6, 6.07) is 3.62. The number of methoxy groups -OCH3 is 2. The quantitative estimate of drug-likeness (QED) is 0.723. The Morgan fingerprint density at radius 3 is 2.22 bits per heavy atom. The van der Waals surface area contributed by atoms with Crippen LogP contribution in [-0.2, 0) is 0 Å². The molecule has 0 spiro atoms. The Kier molecular flexibility index (Phi) is 5.20. The lowest BCUT2D eigenvalue weighted by Crippen LogP contribution is -2.05. The van der Waals surface area contributed by atoms with Crippen LogP contribution in [0.25, 0.3) is 0 Å². The van der Waals surface area contributed by atoms with Crippen molar-refractivity contribution in [3.63, 3.8) is 0 Å². The number of ketones is 1. The van der Waals surface area contributed by atoms with E-state index in [1.807, 2.05) is 13.0 Å². The van der Waals surface area contributed by atoms with Gasteiger partial charge in [-0.1, -0.05) is 13.8 Å². The molecule has 3 heteroatoms. The first-order chi connectivity index (χ1) is 8.49. The Bertz CT molecular complexity index is 422. The Morgan fingerprint density at radius 1 is 1.17 bits per heavy atom. The van der Waals surface area contributed by atoms with Gasteiger partial charge in [-0.05, 0) is 37.0 Å². The second kappa shape index (κ2) is 6.43. The molecular weight excluding hydrogens is 228 g/mol. The summed E-state index contributed by atoms with van der Waals surface area (Å²) in [5.41, 5.74) is 1.66. The predicted octanol–water partition coefficient (Wildman–Crippen LogP) is 3.63. The molecule has 100 valence electrons. The molecule has 0 aliphatic heterocycles. The second-order valence-electron chi connectivity index (χ2n) is 4.88. The van der Waals surface area contributed by atoms with Crippen molar-refractivity contribution in [3.05, 3.63) is 23.3 Å². The molecule has 0 aliphatic rings. The van der Waals surface area contributed by atoms with Gasteiger partial charge in [0.05, 0.1) is 14.2 Å². The van der Waals surface area contributed by atoms with E-state index < -0.39 is 0 Å². The van der Waals surface area contributed by atoms with Crippen molar-refractivity contribution < 1.29 is 14.3 Å². The summed E-state index contributed by atoms with van der Waals surface area (Å²) in [5.74, 6) is 1.97. The van der Waals surface area contributed by atoms with E-state index in [-0.39, 0.29) is 5.78 Å². The number of carbonyl (C=O) groups excluding carboxylic acids is 1. The van der Waals surface area contributed by atoms with Crippen molar-refractivity contribution in [2.24, 2.45) is 5.92 Å². The van der Waals surface area contributed by atoms with Crippen molar-refractivity contribution in [1.82, 2.24) is 0 Å². The van der Waals surface area contributed by atoms with Crippen LogP contribution >= 0.6 is 0 Å². The maximum absolute atomic E-state index is 12.1. The highest BCUT2D eigenvalue weighted by Gasteiger charge is 2.14. The molecule has 0 N–H and O–H groups in total. The number of hydrogen-bond acceptors (Lipinski definition) is 3. The Labute approximate surface area is 109 Å². The molecule has 0 radical (unpaired) electrons. The largest absolute Gasteiger partial charge is 0.493 e. The molecule has 3 nitrogen and oxygen atoms in total. The molecule has 1 aromatic carbocycles. The van der Waals surface area contributed by atoms with E-state index in [1.54, 1.807) is 20.3 Å². The van der Waals surface area contributed by atoms with Crippen LogP contribution in [0.2, 0.25) is 0 Å². The highest BCUT2D eigenvalue weighted by atomic mass is 16.5. The number of Topliss-reactive ketones (excluding diaryl/α,β-unsaturated/α-hetero) is 1. The van der Waals surface area contributed by atoms with Gasteiger partial charge >= 0.3 is 0 Å². The number of ether oxygens (including phenoxy) is 2. The topological polar surface area (TPSA) is 35.5 Å². The molecule has 18 heavy (non-hydrogen) atoms. The maximum atomic E-state index is 12.1. The minimum atomic E-state index is 0.169. The fraction of sp³-hybridized carbons (Fsp3) is 0.533. The molecule has 1 rings (SSSR count). The number of aryl methyl sites for hydroxylation is 1. The third kappa shape index (κ3) is 3.49. The van der Waals surface area contributed by atoms with E-state index in [0.29, 0.717) is 23.8 Å². The van der Waals surface area contributed by atoms with Crippen molar-refractivity contribution in [3.8, 4) is 11.5 Å². The summed E-state index contributed by atoms with van der Waals surface area (Å²) in [5, 5.41) is 0. The van der Waals surface area contributed by atoms with E-state index in [0.717, 1.165) is 17.5 Å². The zero-order chi connectivity index (χ0) is 13.7. The van der Waals surface area contributed by atoms with Crippen LogP contribution in [0.5, 0.6) is 11.5 Å². The monoisotopic (exact) mass is 250 g/mol. The number of hydrogen-bond donors (Lipinski definition) is 0. The molecule has 0 aromatic heterocycles. The first kappa shape index (κ1) is 14.6. The second-order valence-corrected chi connectivity index (χ2v) is 4.88. The van der Waals surface area contributed by atoms with Crippen LogP contribution in [0.3, 0.4) is 0 Å². The van der Waals surface area contributed by atoms with Crippen molar-refractivity contribution in [2.75, 3.05) is 14.2 Å². The van der Waals surface area contributed by atoms with Gasteiger partial charge in [0.1, 0.15) is 0 Å². The fourth-order valence-electron chi connectivity index (χ4n) is 1.84. The van der Waals surface area contributed by atoms with Gasteiger partial charge in [0.2, 0.25) is 0 Å². The normalized spacial score (nSPS) is 10.6. The molecular formula is C15H22O3. The van der Waals surface area contributed by atoms with Crippen molar-refractivity contribution in [2.45, 2.75) is 33.6 Å². The van der Waals surface area contributed by atoms with Gasteiger partial charge in [0.15, 0.2) is 17.3 Å². The summed E-state index contributed by atoms with van der Waals surface area (Å²) < 4.78 is 10.4. The number of rotatable bonds is 6. The average molecular weight is 250 g/mol. The van der Waals surface area contributed by atoms with Crippen molar-refractivity contribution >= 4 is 5.78 Å². The number of carbonyl (C=O) groups is 1. The predicted molar refractivity (Wildman–Crippen MR) is 72.7 cm³/mol. The van der Waals surface area contributed by atoms with E-state index in [2.05, 4.69) is 13.8 Å². The highest BCUT2D eigenvalue weighted by Crippen LogP contribution is 2.31. The van der Waals surface area contributed by atoms with Gasteiger partial charge in [-0.15, -0.1) is 0 Å². The fourth-order valence-corrected chi connectivity index (χ4v) is 1.84. The van der Waals surface area contributed by atoms with Crippen LogP contribution in [-0.4, -0.2) is 20.0 Å². The first-order valence-electron chi connectivity index (χ1n) is 6.25. The van der Waals surface area contributed by atoms with Gasteiger partial charge in [-0.25, -0.2) is 0 Å². The van der Waals surface area contributed by atoms with Gasteiger partial charge in [0, 0.05) is 12.0 Å². The van der Waals surface area contributed by atoms with Crippen LogP contribution < -0.4 is 9.47 Å². The standard InChI is InChI=1S/C15H22O3/c1-10(2)6-7-13(16)12-9-15(18-5)14(17-4)8-11(12)3/h8-10H,6-7H2,1-5H3. The number of benzene rings is 1. The average Bonchev–Trinajstić information content (AvgIpc) is 2.35. The molecule has 0 atom stereocenters. The summed E-state index contributed by atoms with van der Waals surface area (Å²) in [7, 11) is 3.17. The lowest BCUT2D eigenvalue weighted by Gasteiger charge is -2.12. The summed E-state index contributed by atoms with van der Waals surface area (Å²) >= 11 is 0. The first-order valence-corrected chi connectivity index (χ1v) is 6.25. The molecule has 0 amide bonds. The molecule has 0 saturated carbocycles. The van der Waals surface area contributed by atoms with E-state index in [4.69, 9.17) is 9.47 Å². The van der Waals surface area contributed by atoms with Gasteiger partial charge in [0.25, 0.3) is 0 Å². The minimum absolute atomic E-state index is 0.169. The van der Waals surface area contributed by atoms with Gasteiger partial charge in [-0.3, -0.25) is 4.79 Å². The molecule has 0 bridgehead atoms. The third-order valence-corrected chi connectivity index (χ3v) is 2.98. The van der Waals surface area contributed by atoms with E-state index >= 15 is 0 Å². The lowest BCUT2D eigenvalue weighted by atomic mass is 9.97. The van der Waals surface area contributed by atoms with Gasteiger partial charge < -0.3 is 9.47 Å². The van der Waals surface area contributed by atoms with Gasteiger partial charge in [-0.2, -0.15) is 0 Å². The van der Waals surface area contributed by atoms with Crippen LogP contribution in [0.4, 0.5) is 0 Å². The summed E-state index contributed by atoms with van der Waals surface area (Å²) in [6.45, 7) is 6.16. The van der Waals surface area contributed by atoms with Crippen LogP contribution in [0.15, 0.2) is 12.1 Å². The summed E-state index contributed by atoms with van der Waals surface area (Å²) in [6.07, 6.45) is 1.49. The minimum Gasteiger partial charge on any atom is -0.493 e. The lowest BCUT2D eigenvalue weighted by molar-refractivity contribution is 0.0974. The molecule has 0 heterocycles. The van der Waals surface area contributed by atoms with E-state index in [1.165, 1.54) is 0 Å². The summed E-state index contributed by atoms with van der Waals surface area (Å²) in [4.78, 5) is 12.1. The molecule has 0 unspecified atom stereocenters. The Morgan fingerprint density at radius 2 is 1.72 bits per heavy atom. The molecule has 0 aliphatic carbocycles. The molecule has 0 fully saturated rings. The molecule has 1 aromatic rings. The molecule has 0 saturated heterocycles.